The fourth-order valence-electron chi connectivity index (χ4n) is 2.00. The average molecular weight is 288 g/mol. The Balaban J connectivity index is 2.20. The second-order valence-electron chi connectivity index (χ2n) is 4.35. The molecule has 3 aromatic rings. The van der Waals surface area contributed by atoms with E-state index in [2.05, 4.69) is 10.1 Å². The van der Waals surface area contributed by atoms with E-state index < -0.39 is 11.9 Å². The minimum Gasteiger partial charge on any atom is -0.273 e. The number of rotatable bonds is 1. The van der Waals surface area contributed by atoms with Gasteiger partial charge >= 0.3 is 6.18 Å². The second-order valence-corrected chi connectivity index (χ2v) is 4.35. The van der Waals surface area contributed by atoms with Crippen molar-refractivity contribution in [1.29, 1.82) is 5.26 Å². The maximum Gasteiger partial charge on any atom is 0.432 e. The number of benzene rings is 1. The number of pyridine rings is 1. The van der Waals surface area contributed by atoms with Crippen LogP contribution in [0.25, 0.3) is 22.2 Å². The van der Waals surface area contributed by atoms with Gasteiger partial charge in [0, 0.05) is 10.9 Å². The molecular weight excluding hydrogens is 281 g/mol. The lowest BCUT2D eigenvalue weighted by molar-refractivity contribution is -0.141. The molecule has 0 spiro atoms. The van der Waals surface area contributed by atoms with Gasteiger partial charge in [0.15, 0.2) is 5.69 Å². The largest absolute Gasteiger partial charge is 0.432 e. The van der Waals surface area contributed by atoms with E-state index in [1.807, 2.05) is 11.2 Å². The third-order valence-corrected chi connectivity index (χ3v) is 2.99. The Labute approximate surface area is 116 Å². The zero-order valence-corrected chi connectivity index (χ0v) is 10.4. The number of H-pyrrole nitrogens is 1. The van der Waals surface area contributed by atoms with Crippen LogP contribution in [0.4, 0.5) is 13.2 Å². The van der Waals surface area contributed by atoms with E-state index in [0.29, 0.717) is 5.52 Å². The van der Waals surface area contributed by atoms with Crippen LogP contribution in [0.5, 0.6) is 0 Å². The van der Waals surface area contributed by atoms with Gasteiger partial charge in [-0.1, -0.05) is 18.2 Å². The van der Waals surface area contributed by atoms with Crippen molar-refractivity contribution >= 4 is 10.9 Å². The monoisotopic (exact) mass is 288 g/mol. The van der Waals surface area contributed by atoms with Gasteiger partial charge in [-0.2, -0.15) is 23.5 Å². The van der Waals surface area contributed by atoms with Crippen molar-refractivity contribution in [1.82, 2.24) is 15.2 Å². The number of para-hydroxylation sites is 1. The molecule has 0 bridgehead atoms. The van der Waals surface area contributed by atoms with Crippen LogP contribution < -0.4 is 0 Å². The number of alkyl halides is 3. The number of hydrogen-bond donors (Lipinski definition) is 1. The fourth-order valence-corrected chi connectivity index (χ4v) is 2.00. The van der Waals surface area contributed by atoms with Crippen molar-refractivity contribution in [3.63, 3.8) is 0 Å². The highest BCUT2D eigenvalue weighted by Crippen LogP contribution is 2.31. The summed E-state index contributed by atoms with van der Waals surface area (Å²) < 4.78 is 37.8. The molecule has 7 heteroatoms. The number of nitrogens with one attached hydrogen (secondary N) is 1. The van der Waals surface area contributed by atoms with Crippen molar-refractivity contribution in [2.75, 3.05) is 0 Å². The smallest absolute Gasteiger partial charge is 0.273 e. The van der Waals surface area contributed by atoms with Crippen LogP contribution >= 0.6 is 0 Å². The van der Waals surface area contributed by atoms with Crippen LogP contribution in [-0.2, 0) is 6.18 Å². The first-order valence-electron chi connectivity index (χ1n) is 5.92. The molecule has 0 aliphatic rings. The maximum atomic E-state index is 12.6. The van der Waals surface area contributed by atoms with Crippen molar-refractivity contribution in [2.45, 2.75) is 6.18 Å². The Morgan fingerprint density at radius 2 is 1.90 bits per heavy atom. The summed E-state index contributed by atoms with van der Waals surface area (Å²) in [6, 6.07) is 11.4. The molecule has 1 aromatic carbocycles. The highest BCUT2D eigenvalue weighted by molar-refractivity contribution is 5.85. The van der Waals surface area contributed by atoms with Crippen LogP contribution in [0.15, 0.2) is 36.4 Å². The molecule has 21 heavy (non-hydrogen) atoms. The minimum atomic E-state index is -4.51. The number of hydrogen-bond acceptors (Lipinski definition) is 3. The Bertz CT molecular complexity index is 859. The maximum absolute atomic E-state index is 12.6. The molecule has 0 aliphatic carbocycles. The Kier molecular flexibility index (Phi) is 2.87. The van der Waals surface area contributed by atoms with E-state index in [4.69, 9.17) is 5.26 Å². The molecule has 0 aliphatic heterocycles. The van der Waals surface area contributed by atoms with E-state index in [9.17, 15) is 13.2 Å². The van der Waals surface area contributed by atoms with Crippen LogP contribution in [0.3, 0.4) is 0 Å². The lowest BCUT2D eigenvalue weighted by Gasteiger charge is -2.03. The summed E-state index contributed by atoms with van der Waals surface area (Å²) in [6.07, 6.45) is -4.51. The zero-order chi connectivity index (χ0) is 15.0. The molecule has 0 saturated heterocycles. The molecule has 0 fully saturated rings. The van der Waals surface area contributed by atoms with Gasteiger partial charge in [-0.05, 0) is 18.2 Å². The molecule has 0 atom stereocenters. The van der Waals surface area contributed by atoms with Crippen LogP contribution in [0.1, 0.15) is 11.4 Å². The molecule has 0 amide bonds. The van der Waals surface area contributed by atoms with E-state index in [-0.39, 0.29) is 17.0 Å². The molecule has 2 aromatic heterocycles. The van der Waals surface area contributed by atoms with Crippen molar-refractivity contribution in [2.24, 2.45) is 0 Å². The predicted molar refractivity (Wildman–Crippen MR) is 69.0 cm³/mol. The van der Waals surface area contributed by atoms with Crippen molar-refractivity contribution in [3.05, 3.63) is 47.8 Å². The second kappa shape index (κ2) is 4.59. The number of aromatic nitrogens is 3. The summed E-state index contributed by atoms with van der Waals surface area (Å²) >= 11 is 0. The number of fused-ring (bicyclic) bond motifs is 1. The summed E-state index contributed by atoms with van der Waals surface area (Å²) in [5.41, 5.74) is -0.0204. The van der Waals surface area contributed by atoms with E-state index in [0.717, 1.165) is 11.5 Å². The molecule has 0 radical (unpaired) electrons. The SMILES string of the molecule is N#Cc1nc2ccccc2cc1-c1cc(C(F)(F)F)[nH]n1. The topological polar surface area (TPSA) is 65.4 Å². The third-order valence-electron chi connectivity index (χ3n) is 2.99. The fraction of sp³-hybridized carbons (Fsp3) is 0.0714. The molecular formula is C14H7F3N4. The molecule has 3 rings (SSSR count). The lowest BCUT2D eigenvalue weighted by atomic mass is 10.1. The summed E-state index contributed by atoms with van der Waals surface area (Å²) in [6.45, 7) is 0. The Morgan fingerprint density at radius 3 is 2.57 bits per heavy atom. The van der Waals surface area contributed by atoms with Crippen LogP contribution in [-0.4, -0.2) is 15.2 Å². The zero-order valence-electron chi connectivity index (χ0n) is 10.4. The first-order valence-corrected chi connectivity index (χ1v) is 5.92. The molecule has 104 valence electrons. The van der Waals surface area contributed by atoms with Gasteiger partial charge in [-0.15, -0.1) is 0 Å². The normalized spacial score (nSPS) is 11.5. The van der Waals surface area contributed by atoms with Gasteiger partial charge in [0.1, 0.15) is 11.8 Å². The first-order chi connectivity index (χ1) is 9.99. The van der Waals surface area contributed by atoms with Crippen LogP contribution in [0, 0.1) is 11.3 Å². The number of nitrogens with zero attached hydrogens (tertiary/aromatic N) is 3. The summed E-state index contributed by atoms with van der Waals surface area (Å²) in [5, 5.41) is 15.4. The highest BCUT2D eigenvalue weighted by atomic mass is 19.4. The van der Waals surface area contributed by atoms with Crippen molar-refractivity contribution < 1.29 is 13.2 Å². The molecule has 1 N–H and O–H groups in total. The van der Waals surface area contributed by atoms with E-state index >= 15 is 0 Å². The molecule has 0 saturated carbocycles. The first kappa shape index (κ1) is 13.1. The van der Waals surface area contributed by atoms with Gasteiger partial charge in [-0.25, -0.2) is 4.98 Å². The number of halogens is 3. The van der Waals surface area contributed by atoms with Gasteiger partial charge in [0.2, 0.25) is 0 Å². The average Bonchev–Trinajstić information content (AvgIpc) is 2.95. The molecule has 0 unspecified atom stereocenters. The van der Waals surface area contributed by atoms with Gasteiger partial charge in [0.05, 0.1) is 11.2 Å². The standard InChI is InChI=1S/C14H7F3N4/c15-14(16,17)13-6-11(20-21-13)9-5-8-3-1-2-4-10(8)19-12(9)7-18/h1-6H,(H,20,21). The van der Waals surface area contributed by atoms with Gasteiger partial charge in [0.25, 0.3) is 0 Å². The number of nitriles is 1. The number of aromatic amines is 1. The Morgan fingerprint density at radius 1 is 1.14 bits per heavy atom. The van der Waals surface area contributed by atoms with Gasteiger partial charge < -0.3 is 0 Å². The van der Waals surface area contributed by atoms with Crippen molar-refractivity contribution in [3.8, 4) is 17.3 Å². The highest BCUT2D eigenvalue weighted by Gasteiger charge is 2.33. The lowest BCUT2D eigenvalue weighted by Crippen LogP contribution is -2.04. The summed E-state index contributed by atoms with van der Waals surface area (Å²) in [5.74, 6) is 0. The van der Waals surface area contributed by atoms with Crippen LogP contribution in [0.2, 0.25) is 0 Å². The minimum absolute atomic E-state index is 0.0360. The molecule has 2 heterocycles. The predicted octanol–water partition coefficient (Wildman–Crippen LogP) is 3.52. The summed E-state index contributed by atoms with van der Waals surface area (Å²) in [4.78, 5) is 4.15. The summed E-state index contributed by atoms with van der Waals surface area (Å²) in [7, 11) is 0. The van der Waals surface area contributed by atoms with Gasteiger partial charge in [-0.3, -0.25) is 5.10 Å². The van der Waals surface area contributed by atoms with E-state index in [1.165, 1.54) is 0 Å². The quantitative estimate of drug-likeness (QED) is 0.745. The Hall–Kier alpha value is -2.88. The molecule has 4 nitrogen and oxygen atoms in total. The third kappa shape index (κ3) is 2.31. The van der Waals surface area contributed by atoms with E-state index in [1.54, 1.807) is 30.3 Å².